The second-order valence-corrected chi connectivity index (χ2v) is 5.07. The first kappa shape index (κ1) is 15.0. The van der Waals surface area contributed by atoms with E-state index in [4.69, 9.17) is 11.1 Å². The number of nitrogen functional groups attached to an aromatic ring is 1. The molecule has 21 heavy (non-hydrogen) atoms. The first-order valence-corrected chi connectivity index (χ1v) is 6.95. The van der Waals surface area contributed by atoms with Gasteiger partial charge in [-0.05, 0) is 49.2 Å². The van der Waals surface area contributed by atoms with Crippen LogP contribution in [0.3, 0.4) is 0 Å². The number of aryl methyl sites for hydroxylation is 1. The number of amidine groups is 1. The molecule has 0 fully saturated rings. The Morgan fingerprint density at radius 2 is 2.00 bits per heavy atom. The molecule has 0 amide bonds. The van der Waals surface area contributed by atoms with Crippen molar-refractivity contribution in [1.29, 1.82) is 5.41 Å². The van der Waals surface area contributed by atoms with E-state index >= 15 is 0 Å². The van der Waals surface area contributed by atoms with Crippen LogP contribution in [0.4, 0.5) is 10.1 Å². The van der Waals surface area contributed by atoms with Gasteiger partial charge in [-0.1, -0.05) is 18.2 Å². The predicted molar refractivity (Wildman–Crippen MR) is 85.3 cm³/mol. The van der Waals surface area contributed by atoms with Gasteiger partial charge in [-0.2, -0.15) is 0 Å². The minimum Gasteiger partial charge on any atom is -0.384 e. The van der Waals surface area contributed by atoms with E-state index in [1.165, 1.54) is 17.7 Å². The first-order valence-electron chi connectivity index (χ1n) is 6.95. The standard InChI is InChI=1S/C17H20FN3/c1-3-21(15-6-4-5-12(2)9-15)11-13-7-8-14(18)10-16(13)17(19)20/h4-10H,3,11H2,1-2H3,(H3,19,20). The van der Waals surface area contributed by atoms with Crippen molar-refractivity contribution in [2.24, 2.45) is 5.73 Å². The van der Waals surface area contributed by atoms with Gasteiger partial charge >= 0.3 is 0 Å². The van der Waals surface area contributed by atoms with E-state index in [2.05, 4.69) is 30.9 Å². The predicted octanol–water partition coefficient (Wildman–Crippen LogP) is 3.44. The second-order valence-electron chi connectivity index (χ2n) is 5.07. The smallest absolute Gasteiger partial charge is 0.123 e. The van der Waals surface area contributed by atoms with Gasteiger partial charge in [0.1, 0.15) is 11.7 Å². The Bertz CT molecular complexity index is 652. The van der Waals surface area contributed by atoms with Crippen molar-refractivity contribution in [3.8, 4) is 0 Å². The lowest BCUT2D eigenvalue weighted by Gasteiger charge is -2.24. The van der Waals surface area contributed by atoms with Crippen molar-refractivity contribution in [1.82, 2.24) is 0 Å². The molecule has 0 saturated carbocycles. The van der Waals surface area contributed by atoms with E-state index < -0.39 is 0 Å². The molecule has 3 N–H and O–H groups in total. The van der Waals surface area contributed by atoms with E-state index in [1.807, 2.05) is 12.1 Å². The highest BCUT2D eigenvalue weighted by molar-refractivity contribution is 5.96. The Morgan fingerprint density at radius 3 is 2.62 bits per heavy atom. The lowest BCUT2D eigenvalue weighted by atomic mass is 10.1. The Balaban J connectivity index is 2.33. The lowest BCUT2D eigenvalue weighted by Crippen LogP contribution is -2.24. The molecule has 0 saturated heterocycles. The quantitative estimate of drug-likeness (QED) is 0.653. The molecule has 0 aromatic heterocycles. The summed E-state index contributed by atoms with van der Waals surface area (Å²) in [4.78, 5) is 2.17. The summed E-state index contributed by atoms with van der Waals surface area (Å²) in [7, 11) is 0. The van der Waals surface area contributed by atoms with E-state index in [0.717, 1.165) is 17.8 Å². The fraction of sp³-hybridized carbons (Fsp3) is 0.235. The van der Waals surface area contributed by atoms with Gasteiger partial charge in [0.2, 0.25) is 0 Å². The number of benzene rings is 2. The van der Waals surface area contributed by atoms with Crippen molar-refractivity contribution in [3.63, 3.8) is 0 Å². The van der Waals surface area contributed by atoms with Gasteiger partial charge in [-0.3, -0.25) is 5.41 Å². The van der Waals surface area contributed by atoms with Crippen LogP contribution in [0.1, 0.15) is 23.6 Å². The number of halogens is 1. The molecule has 0 atom stereocenters. The molecule has 0 aliphatic carbocycles. The van der Waals surface area contributed by atoms with Crippen LogP contribution in [-0.4, -0.2) is 12.4 Å². The number of anilines is 1. The molecule has 4 heteroatoms. The lowest BCUT2D eigenvalue weighted by molar-refractivity contribution is 0.626. The molecule has 0 spiro atoms. The van der Waals surface area contributed by atoms with Gasteiger partial charge in [0.15, 0.2) is 0 Å². The van der Waals surface area contributed by atoms with E-state index in [1.54, 1.807) is 6.07 Å². The van der Waals surface area contributed by atoms with Crippen LogP contribution < -0.4 is 10.6 Å². The van der Waals surface area contributed by atoms with Crippen LogP contribution in [0.5, 0.6) is 0 Å². The molecular formula is C17H20FN3. The van der Waals surface area contributed by atoms with Gasteiger partial charge in [-0.25, -0.2) is 4.39 Å². The highest BCUT2D eigenvalue weighted by Gasteiger charge is 2.11. The van der Waals surface area contributed by atoms with Crippen LogP contribution >= 0.6 is 0 Å². The molecule has 2 aromatic rings. The van der Waals surface area contributed by atoms with Crippen molar-refractivity contribution in [2.45, 2.75) is 20.4 Å². The van der Waals surface area contributed by atoms with E-state index in [9.17, 15) is 4.39 Å². The van der Waals surface area contributed by atoms with E-state index in [-0.39, 0.29) is 11.7 Å². The maximum Gasteiger partial charge on any atom is 0.123 e. The summed E-state index contributed by atoms with van der Waals surface area (Å²) >= 11 is 0. The van der Waals surface area contributed by atoms with Crippen molar-refractivity contribution < 1.29 is 4.39 Å². The average molecular weight is 285 g/mol. The van der Waals surface area contributed by atoms with Crippen LogP contribution in [-0.2, 0) is 6.54 Å². The zero-order valence-electron chi connectivity index (χ0n) is 12.4. The summed E-state index contributed by atoms with van der Waals surface area (Å²) in [5.74, 6) is -0.479. The molecule has 0 aliphatic heterocycles. The van der Waals surface area contributed by atoms with Gasteiger partial charge in [0, 0.05) is 24.3 Å². The minimum absolute atomic E-state index is 0.107. The van der Waals surface area contributed by atoms with Crippen molar-refractivity contribution >= 4 is 11.5 Å². The summed E-state index contributed by atoms with van der Waals surface area (Å²) in [5, 5.41) is 7.61. The zero-order chi connectivity index (χ0) is 15.4. The van der Waals surface area contributed by atoms with Crippen molar-refractivity contribution in [3.05, 3.63) is 65.0 Å². The SMILES string of the molecule is CCN(Cc1ccc(F)cc1C(=N)N)c1cccc(C)c1. The number of nitrogens with two attached hydrogens (primary N) is 1. The maximum absolute atomic E-state index is 13.3. The number of nitrogens with zero attached hydrogens (tertiary/aromatic N) is 1. The van der Waals surface area contributed by atoms with Gasteiger partial charge in [-0.15, -0.1) is 0 Å². The second kappa shape index (κ2) is 6.39. The van der Waals surface area contributed by atoms with Gasteiger partial charge < -0.3 is 10.6 Å². The van der Waals surface area contributed by atoms with Gasteiger partial charge in [0.05, 0.1) is 0 Å². The third-order valence-electron chi connectivity index (χ3n) is 3.47. The molecule has 0 aliphatic rings. The Morgan fingerprint density at radius 1 is 1.24 bits per heavy atom. The third kappa shape index (κ3) is 3.60. The Kier molecular flexibility index (Phi) is 4.58. The number of hydrogen-bond donors (Lipinski definition) is 2. The highest BCUT2D eigenvalue weighted by atomic mass is 19.1. The largest absolute Gasteiger partial charge is 0.384 e. The van der Waals surface area contributed by atoms with Crippen LogP contribution in [0.15, 0.2) is 42.5 Å². The Hall–Kier alpha value is -2.36. The summed E-state index contributed by atoms with van der Waals surface area (Å²) in [6, 6.07) is 12.7. The van der Waals surface area contributed by atoms with Crippen LogP contribution in [0.2, 0.25) is 0 Å². The fourth-order valence-electron chi connectivity index (χ4n) is 2.35. The van der Waals surface area contributed by atoms with Gasteiger partial charge in [0.25, 0.3) is 0 Å². The average Bonchev–Trinajstić information content (AvgIpc) is 2.45. The summed E-state index contributed by atoms with van der Waals surface area (Å²) < 4.78 is 13.3. The summed E-state index contributed by atoms with van der Waals surface area (Å²) in [5.41, 5.74) is 9.17. The molecule has 0 bridgehead atoms. The normalized spacial score (nSPS) is 10.4. The van der Waals surface area contributed by atoms with Crippen LogP contribution in [0, 0.1) is 18.2 Å². The molecule has 0 radical (unpaired) electrons. The topological polar surface area (TPSA) is 53.1 Å². The Labute approximate surface area is 124 Å². The molecule has 2 rings (SSSR count). The monoisotopic (exact) mass is 285 g/mol. The van der Waals surface area contributed by atoms with Crippen molar-refractivity contribution in [2.75, 3.05) is 11.4 Å². The highest BCUT2D eigenvalue weighted by Crippen LogP contribution is 2.20. The fourth-order valence-corrected chi connectivity index (χ4v) is 2.35. The van der Waals surface area contributed by atoms with Crippen LogP contribution in [0.25, 0.3) is 0 Å². The first-order chi connectivity index (χ1) is 10.0. The minimum atomic E-state index is -0.373. The number of nitrogens with one attached hydrogen (secondary N) is 1. The zero-order valence-corrected chi connectivity index (χ0v) is 12.4. The molecule has 3 nitrogen and oxygen atoms in total. The molecular weight excluding hydrogens is 265 g/mol. The number of rotatable bonds is 5. The molecule has 0 heterocycles. The maximum atomic E-state index is 13.3. The molecule has 2 aromatic carbocycles. The summed E-state index contributed by atoms with van der Waals surface area (Å²) in [6.07, 6.45) is 0. The molecule has 0 unspecified atom stereocenters. The third-order valence-corrected chi connectivity index (χ3v) is 3.47. The van der Waals surface area contributed by atoms with E-state index in [0.29, 0.717) is 12.1 Å². The molecule has 110 valence electrons. The summed E-state index contributed by atoms with van der Waals surface area (Å²) in [6.45, 7) is 5.53. The number of hydrogen-bond acceptors (Lipinski definition) is 2.